The fourth-order valence-electron chi connectivity index (χ4n) is 2.34. The number of hydrogen-bond acceptors (Lipinski definition) is 2. The average Bonchev–Trinajstić information content (AvgIpc) is 2.59. The van der Waals surface area contributed by atoms with Crippen LogP contribution in [0.5, 0.6) is 0 Å². The van der Waals surface area contributed by atoms with Crippen LogP contribution >= 0.6 is 31.9 Å². The first kappa shape index (κ1) is 16.0. The van der Waals surface area contributed by atoms with Crippen LogP contribution in [-0.2, 0) is 0 Å². The first-order valence-corrected chi connectivity index (χ1v) is 8.67. The number of para-hydroxylation sites is 2. The lowest BCUT2D eigenvalue weighted by molar-refractivity contribution is 0.253. The molecule has 1 aromatic heterocycles. The van der Waals surface area contributed by atoms with Crippen molar-refractivity contribution in [2.75, 3.05) is 11.9 Å². The molecular weight excluding hydrogens is 422 g/mol. The lowest BCUT2D eigenvalue weighted by atomic mass is 10.1. The maximum absolute atomic E-state index is 12.2. The molecular formula is C17H13Br2N3O. The molecule has 3 rings (SSSR count). The van der Waals surface area contributed by atoms with E-state index >= 15 is 0 Å². The van der Waals surface area contributed by atoms with E-state index in [-0.39, 0.29) is 6.03 Å². The van der Waals surface area contributed by atoms with Gasteiger partial charge in [0.15, 0.2) is 0 Å². The molecule has 4 nitrogen and oxygen atoms in total. The van der Waals surface area contributed by atoms with E-state index in [2.05, 4.69) is 47.5 Å². The van der Waals surface area contributed by atoms with Crippen LogP contribution in [0.15, 0.2) is 58.0 Å². The second-order valence-electron chi connectivity index (χ2n) is 4.88. The molecule has 0 unspecified atom stereocenters. The Morgan fingerprint density at radius 2 is 1.61 bits per heavy atom. The fourth-order valence-corrected chi connectivity index (χ4v) is 2.64. The minimum Gasteiger partial charge on any atom is -0.333 e. The number of nitrogens with one attached hydrogen (secondary N) is 2. The molecule has 0 spiro atoms. The summed E-state index contributed by atoms with van der Waals surface area (Å²) in [5.41, 5.74) is 2.47. The Morgan fingerprint density at radius 3 is 2.17 bits per heavy atom. The Labute approximate surface area is 150 Å². The summed E-state index contributed by atoms with van der Waals surface area (Å²) in [6.45, 7) is 0.401. The number of hydrogen-bond donors (Lipinski definition) is 2. The van der Waals surface area contributed by atoms with Crippen LogP contribution in [0.3, 0.4) is 0 Å². The van der Waals surface area contributed by atoms with Crippen LogP contribution in [0.25, 0.3) is 21.8 Å². The number of pyridine rings is 1. The number of aromatic nitrogens is 1. The van der Waals surface area contributed by atoms with E-state index in [0.29, 0.717) is 6.54 Å². The summed E-state index contributed by atoms with van der Waals surface area (Å²) in [5, 5.41) is 7.58. The van der Waals surface area contributed by atoms with Crippen molar-refractivity contribution < 1.29 is 4.79 Å². The Morgan fingerprint density at radius 1 is 1.04 bits per heavy atom. The highest BCUT2D eigenvalue weighted by Gasteiger charge is 2.11. The summed E-state index contributed by atoms with van der Waals surface area (Å²) in [5.74, 6) is 0. The van der Waals surface area contributed by atoms with Crippen LogP contribution < -0.4 is 10.6 Å². The predicted octanol–water partition coefficient (Wildman–Crippen LogP) is 5.14. The second-order valence-corrected chi connectivity index (χ2v) is 6.36. The van der Waals surface area contributed by atoms with Crippen LogP contribution in [0.1, 0.15) is 0 Å². The maximum Gasteiger partial charge on any atom is 0.319 e. The number of urea groups is 1. The summed E-state index contributed by atoms with van der Waals surface area (Å²) < 4.78 is 0.845. The molecule has 23 heavy (non-hydrogen) atoms. The highest BCUT2D eigenvalue weighted by atomic mass is 79.9. The Bertz CT molecular complexity index is 855. The SMILES string of the molecule is O=C(NCC(Br)=CBr)Nc1c2ccccc2nc2ccccc12. The molecule has 116 valence electrons. The van der Waals surface area contributed by atoms with Crippen molar-refractivity contribution in [1.82, 2.24) is 10.3 Å². The third-order valence-electron chi connectivity index (χ3n) is 3.36. The van der Waals surface area contributed by atoms with Gasteiger partial charge in [-0.15, -0.1) is 0 Å². The van der Waals surface area contributed by atoms with Gasteiger partial charge in [0.05, 0.1) is 23.3 Å². The van der Waals surface area contributed by atoms with Gasteiger partial charge in [0, 0.05) is 15.3 Å². The summed E-state index contributed by atoms with van der Waals surface area (Å²) in [6, 6.07) is 15.3. The first-order valence-electron chi connectivity index (χ1n) is 6.96. The fraction of sp³-hybridized carbons (Fsp3) is 0.0588. The standard InChI is InChI=1S/C17H13Br2N3O/c18-9-11(19)10-20-17(23)22-16-12-5-1-3-7-14(12)21-15-8-4-2-6-13(15)16/h1-9H,10H2,(H2,20,21,22,23). The van der Waals surface area contributed by atoms with Gasteiger partial charge in [-0.05, 0) is 17.1 Å². The summed E-state index contributed by atoms with van der Waals surface area (Å²) in [4.78, 5) is 18.6. The zero-order valence-corrected chi connectivity index (χ0v) is 15.2. The highest BCUT2D eigenvalue weighted by molar-refractivity contribution is 9.14. The molecule has 0 radical (unpaired) electrons. The molecule has 2 aromatic carbocycles. The van der Waals surface area contributed by atoms with Crippen LogP contribution in [-0.4, -0.2) is 17.6 Å². The highest BCUT2D eigenvalue weighted by Crippen LogP contribution is 2.30. The summed E-state index contributed by atoms with van der Waals surface area (Å²) >= 11 is 6.54. The van der Waals surface area contributed by atoms with E-state index in [0.717, 1.165) is 32.0 Å². The molecule has 3 aromatic rings. The van der Waals surface area contributed by atoms with E-state index in [1.54, 1.807) is 4.99 Å². The number of nitrogens with zero attached hydrogens (tertiary/aromatic N) is 1. The van der Waals surface area contributed by atoms with Crippen LogP contribution in [0.2, 0.25) is 0 Å². The molecule has 2 amide bonds. The van der Waals surface area contributed by atoms with E-state index in [1.807, 2.05) is 48.5 Å². The summed E-state index contributed by atoms with van der Waals surface area (Å²) in [7, 11) is 0. The lowest BCUT2D eigenvalue weighted by Crippen LogP contribution is -2.29. The van der Waals surface area contributed by atoms with Crippen molar-refractivity contribution in [3.8, 4) is 0 Å². The molecule has 0 aliphatic heterocycles. The number of carbonyl (C=O) groups excluding carboxylic acids is 1. The molecule has 1 heterocycles. The smallest absolute Gasteiger partial charge is 0.319 e. The van der Waals surface area contributed by atoms with Crippen molar-refractivity contribution in [3.63, 3.8) is 0 Å². The van der Waals surface area contributed by atoms with Crippen molar-refractivity contribution in [3.05, 3.63) is 58.0 Å². The number of rotatable bonds is 3. The number of halogens is 2. The van der Waals surface area contributed by atoms with E-state index in [1.165, 1.54) is 0 Å². The topological polar surface area (TPSA) is 54.0 Å². The number of anilines is 1. The Balaban J connectivity index is 2.01. The molecule has 2 N–H and O–H groups in total. The van der Waals surface area contributed by atoms with Gasteiger partial charge in [-0.1, -0.05) is 68.3 Å². The van der Waals surface area contributed by atoms with E-state index in [9.17, 15) is 4.79 Å². The molecule has 0 atom stereocenters. The van der Waals surface area contributed by atoms with Crippen LogP contribution in [0, 0.1) is 0 Å². The molecule has 6 heteroatoms. The number of fused-ring (bicyclic) bond motifs is 2. The maximum atomic E-state index is 12.2. The average molecular weight is 435 g/mol. The van der Waals surface area contributed by atoms with Crippen molar-refractivity contribution in [2.45, 2.75) is 0 Å². The monoisotopic (exact) mass is 433 g/mol. The molecule has 0 fully saturated rings. The van der Waals surface area contributed by atoms with Gasteiger partial charge in [0.2, 0.25) is 0 Å². The second kappa shape index (κ2) is 7.10. The van der Waals surface area contributed by atoms with Gasteiger partial charge in [-0.3, -0.25) is 0 Å². The summed E-state index contributed by atoms with van der Waals surface area (Å²) in [6.07, 6.45) is 0. The van der Waals surface area contributed by atoms with Gasteiger partial charge >= 0.3 is 6.03 Å². The normalized spacial score (nSPS) is 11.7. The van der Waals surface area contributed by atoms with E-state index < -0.39 is 0 Å². The van der Waals surface area contributed by atoms with Crippen molar-refractivity contribution in [1.29, 1.82) is 0 Å². The van der Waals surface area contributed by atoms with Gasteiger partial charge in [0.25, 0.3) is 0 Å². The molecule has 0 aliphatic rings. The third kappa shape index (κ3) is 3.54. The molecule has 0 saturated carbocycles. The number of benzene rings is 2. The van der Waals surface area contributed by atoms with Gasteiger partial charge in [-0.2, -0.15) is 0 Å². The minimum absolute atomic E-state index is 0.266. The van der Waals surface area contributed by atoms with Gasteiger partial charge in [-0.25, -0.2) is 9.78 Å². The number of amides is 2. The molecule has 0 aliphatic carbocycles. The molecule has 0 bridgehead atoms. The van der Waals surface area contributed by atoms with Crippen molar-refractivity contribution in [2.24, 2.45) is 0 Å². The third-order valence-corrected chi connectivity index (χ3v) is 5.04. The Hall–Kier alpha value is -1.92. The quantitative estimate of drug-likeness (QED) is 0.560. The minimum atomic E-state index is -0.266. The van der Waals surface area contributed by atoms with Crippen molar-refractivity contribution >= 4 is 65.4 Å². The van der Waals surface area contributed by atoms with Gasteiger partial charge < -0.3 is 10.6 Å². The molecule has 0 saturated heterocycles. The lowest BCUT2D eigenvalue weighted by Gasteiger charge is -2.13. The van der Waals surface area contributed by atoms with E-state index in [4.69, 9.17) is 0 Å². The Kier molecular flexibility index (Phi) is 4.93. The first-order chi connectivity index (χ1) is 11.2. The zero-order valence-electron chi connectivity index (χ0n) is 12.0. The largest absolute Gasteiger partial charge is 0.333 e. The van der Waals surface area contributed by atoms with Gasteiger partial charge in [0.1, 0.15) is 0 Å². The number of carbonyl (C=O) groups is 1. The van der Waals surface area contributed by atoms with Crippen LogP contribution in [0.4, 0.5) is 10.5 Å². The predicted molar refractivity (Wildman–Crippen MR) is 102 cm³/mol. The zero-order chi connectivity index (χ0) is 16.2.